The summed E-state index contributed by atoms with van der Waals surface area (Å²) in [5.74, 6) is 0.138. The second kappa shape index (κ2) is 8.64. The molecule has 0 saturated carbocycles. The molecule has 2 atom stereocenters. The van der Waals surface area contributed by atoms with Gasteiger partial charge < -0.3 is 14.2 Å². The fraction of sp³-hybridized carbons (Fsp3) is 0.462. The SMILES string of the molecule is COc1ccc(CC2(CN3C[C@@H]4C[C@@H](C3)c3cccc(=O)n3C4)C(=O)N(C)C(=O)N(C)C2=O)cc1. The average Bonchev–Trinajstić information content (AvgIpc) is 2.86. The Kier molecular flexibility index (Phi) is 5.75. The molecule has 4 heterocycles. The molecule has 0 aliphatic carbocycles. The molecule has 1 aromatic carbocycles. The maximum Gasteiger partial charge on any atom is 0.332 e. The second-order valence-corrected chi connectivity index (χ2v) is 10.0. The van der Waals surface area contributed by atoms with Gasteiger partial charge in [0.25, 0.3) is 5.56 Å². The zero-order valence-corrected chi connectivity index (χ0v) is 20.3. The van der Waals surface area contributed by atoms with Crippen LogP contribution in [0.3, 0.4) is 0 Å². The van der Waals surface area contributed by atoms with Crippen LogP contribution < -0.4 is 10.3 Å². The standard InChI is InChI=1S/C26H30N4O5/c1-27-23(32)26(24(33)28(2)25(27)34,12-17-7-9-20(35-3)10-8-17)16-29-13-18-11-19(15-29)21-5-4-6-22(31)30(21)14-18/h4-10,18-19H,11-16H2,1-3H3/t18-,19-/m0/s1. The summed E-state index contributed by atoms with van der Waals surface area (Å²) >= 11 is 0. The molecule has 35 heavy (non-hydrogen) atoms. The van der Waals surface area contributed by atoms with Crippen LogP contribution in [0.2, 0.25) is 0 Å². The third-order valence-corrected chi connectivity index (χ3v) is 7.72. The van der Waals surface area contributed by atoms with Gasteiger partial charge >= 0.3 is 6.03 Å². The van der Waals surface area contributed by atoms with Crippen molar-refractivity contribution in [3.63, 3.8) is 0 Å². The number of barbiturate groups is 1. The van der Waals surface area contributed by atoms with Gasteiger partial charge in [0.2, 0.25) is 11.8 Å². The van der Waals surface area contributed by atoms with Crippen molar-refractivity contribution in [1.29, 1.82) is 0 Å². The highest BCUT2D eigenvalue weighted by molar-refractivity contribution is 6.19. The molecule has 3 aliphatic heterocycles. The molecule has 9 heteroatoms. The minimum atomic E-state index is -1.42. The first-order valence-electron chi connectivity index (χ1n) is 11.9. The van der Waals surface area contributed by atoms with Crippen molar-refractivity contribution in [3.8, 4) is 5.75 Å². The summed E-state index contributed by atoms with van der Waals surface area (Å²) < 4.78 is 7.11. The van der Waals surface area contributed by atoms with Gasteiger partial charge in [0.15, 0.2) is 0 Å². The van der Waals surface area contributed by atoms with Crippen LogP contribution in [0.4, 0.5) is 4.79 Å². The Morgan fingerprint density at radius 2 is 1.60 bits per heavy atom. The summed E-state index contributed by atoms with van der Waals surface area (Å²) in [6, 6.07) is 12.1. The number of rotatable bonds is 5. The summed E-state index contributed by atoms with van der Waals surface area (Å²) in [5, 5.41) is 0. The molecule has 0 N–H and O–H groups in total. The van der Waals surface area contributed by atoms with E-state index in [1.54, 1.807) is 31.4 Å². The Bertz CT molecular complexity index is 1210. The molecule has 0 spiro atoms. The highest BCUT2D eigenvalue weighted by Crippen LogP contribution is 2.39. The molecule has 0 radical (unpaired) electrons. The number of nitrogens with zero attached hydrogens (tertiary/aromatic N) is 4. The number of ether oxygens (including phenoxy) is 1. The number of fused-ring (bicyclic) bond motifs is 4. The smallest absolute Gasteiger partial charge is 0.332 e. The van der Waals surface area contributed by atoms with E-state index in [0.717, 1.165) is 27.5 Å². The molecular formula is C26H30N4O5. The maximum atomic E-state index is 13.7. The van der Waals surface area contributed by atoms with E-state index in [9.17, 15) is 19.2 Å². The minimum Gasteiger partial charge on any atom is -0.497 e. The predicted molar refractivity (Wildman–Crippen MR) is 128 cm³/mol. The normalized spacial score (nSPS) is 23.9. The fourth-order valence-electron chi connectivity index (χ4n) is 6.07. The monoisotopic (exact) mass is 478 g/mol. The number of carbonyl (C=O) groups is 3. The summed E-state index contributed by atoms with van der Waals surface area (Å²) in [6.45, 7) is 2.17. The summed E-state index contributed by atoms with van der Waals surface area (Å²) in [5.41, 5.74) is 0.417. The fourth-order valence-corrected chi connectivity index (χ4v) is 6.07. The molecule has 9 nitrogen and oxygen atoms in total. The largest absolute Gasteiger partial charge is 0.497 e. The van der Waals surface area contributed by atoms with Crippen LogP contribution in [0.5, 0.6) is 5.75 Å². The first-order valence-corrected chi connectivity index (χ1v) is 11.9. The summed E-state index contributed by atoms with van der Waals surface area (Å²) in [4.78, 5) is 56.6. The molecule has 2 bridgehead atoms. The molecule has 2 aromatic rings. The van der Waals surface area contributed by atoms with Crippen molar-refractivity contribution in [1.82, 2.24) is 19.3 Å². The zero-order valence-electron chi connectivity index (χ0n) is 20.3. The molecule has 0 unspecified atom stereocenters. The molecule has 184 valence electrons. The van der Waals surface area contributed by atoms with Crippen LogP contribution in [0.1, 0.15) is 23.6 Å². The number of likely N-dealkylation sites (tertiary alicyclic amines) is 1. The molecule has 4 amide bonds. The van der Waals surface area contributed by atoms with Crippen molar-refractivity contribution in [3.05, 3.63) is 64.1 Å². The number of methoxy groups -OCH3 is 1. The van der Waals surface area contributed by atoms with Crippen molar-refractivity contribution in [2.45, 2.75) is 25.3 Å². The molecule has 5 rings (SSSR count). The first kappa shape index (κ1) is 23.3. The van der Waals surface area contributed by atoms with Gasteiger partial charge in [0.05, 0.1) is 7.11 Å². The van der Waals surface area contributed by atoms with E-state index in [0.29, 0.717) is 25.4 Å². The number of urea groups is 1. The number of hydrogen-bond acceptors (Lipinski definition) is 6. The van der Waals surface area contributed by atoms with Gasteiger partial charge in [-0.15, -0.1) is 0 Å². The van der Waals surface area contributed by atoms with Crippen LogP contribution in [0, 0.1) is 11.3 Å². The van der Waals surface area contributed by atoms with Crippen molar-refractivity contribution < 1.29 is 19.1 Å². The van der Waals surface area contributed by atoms with Gasteiger partial charge in [-0.1, -0.05) is 18.2 Å². The number of hydrogen-bond donors (Lipinski definition) is 0. The Balaban J connectivity index is 1.49. The molecule has 2 saturated heterocycles. The van der Waals surface area contributed by atoms with E-state index in [2.05, 4.69) is 4.90 Å². The highest BCUT2D eigenvalue weighted by atomic mass is 16.5. The van der Waals surface area contributed by atoms with Crippen LogP contribution in [-0.2, 0) is 22.6 Å². The van der Waals surface area contributed by atoms with Gasteiger partial charge in [-0.3, -0.25) is 24.2 Å². The topological polar surface area (TPSA) is 92.2 Å². The lowest BCUT2D eigenvalue weighted by molar-refractivity contribution is -0.159. The lowest BCUT2D eigenvalue weighted by atomic mass is 9.75. The second-order valence-electron chi connectivity index (χ2n) is 10.0. The molecule has 3 aliphatic rings. The van der Waals surface area contributed by atoms with Gasteiger partial charge in [0.1, 0.15) is 11.2 Å². The number of pyridine rings is 1. The van der Waals surface area contributed by atoms with E-state index in [-0.39, 0.29) is 30.4 Å². The van der Waals surface area contributed by atoms with Gasteiger partial charge in [-0.2, -0.15) is 0 Å². The third kappa shape index (κ3) is 3.83. The van der Waals surface area contributed by atoms with E-state index in [1.807, 2.05) is 22.8 Å². The lowest BCUT2D eigenvalue weighted by Crippen LogP contribution is -2.67. The number of piperidine rings is 1. The van der Waals surface area contributed by atoms with Crippen molar-refractivity contribution in [2.75, 3.05) is 40.8 Å². The average molecular weight is 479 g/mol. The van der Waals surface area contributed by atoms with Gasteiger partial charge in [-0.05, 0) is 42.5 Å². The van der Waals surface area contributed by atoms with Crippen molar-refractivity contribution in [2.24, 2.45) is 11.3 Å². The zero-order chi connectivity index (χ0) is 24.9. The number of imide groups is 2. The highest BCUT2D eigenvalue weighted by Gasteiger charge is 2.56. The Hall–Kier alpha value is -3.46. The van der Waals surface area contributed by atoms with Gasteiger partial charge in [-0.25, -0.2) is 4.79 Å². The van der Waals surface area contributed by atoms with E-state index in [1.165, 1.54) is 14.1 Å². The van der Waals surface area contributed by atoms with E-state index >= 15 is 0 Å². The quantitative estimate of drug-likeness (QED) is 0.606. The third-order valence-electron chi connectivity index (χ3n) is 7.72. The number of aromatic nitrogens is 1. The predicted octanol–water partition coefficient (Wildman–Crippen LogP) is 1.56. The summed E-state index contributed by atoms with van der Waals surface area (Å²) in [7, 11) is 4.45. The van der Waals surface area contributed by atoms with Crippen LogP contribution in [0.15, 0.2) is 47.3 Å². The van der Waals surface area contributed by atoms with Gasteiger partial charge in [0, 0.05) is 58.0 Å². The van der Waals surface area contributed by atoms with Crippen LogP contribution in [0.25, 0.3) is 0 Å². The molecular weight excluding hydrogens is 448 g/mol. The van der Waals surface area contributed by atoms with Crippen molar-refractivity contribution >= 4 is 17.8 Å². The van der Waals surface area contributed by atoms with Crippen LogP contribution >= 0.6 is 0 Å². The number of benzene rings is 1. The minimum absolute atomic E-state index is 0.0148. The molecule has 1 aromatic heterocycles. The Morgan fingerprint density at radius 1 is 0.914 bits per heavy atom. The Morgan fingerprint density at radius 3 is 2.26 bits per heavy atom. The maximum absolute atomic E-state index is 13.7. The molecule has 2 fully saturated rings. The number of amides is 4. The summed E-state index contributed by atoms with van der Waals surface area (Å²) in [6.07, 6.45) is 1.16. The first-order chi connectivity index (χ1) is 16.7. The van der Waals surface area contributed by atoms with E-state index in [4.69, 9.17) is 4.74 Å². The lowest BCUT2D eigenvalue weighted by Gasteiger charge is -2.48. The van der Waals surface area contributed by atoms with E-state index < -0.39 is 23.3 Å². The Labute approximate surface area is 203 Å². The number of carbonyl (C=O) groups excluding carboxylic acids is 3. The van der Waals surface area contributed by atoms with Crippen LogP contribution in [-0.4, -0.2) is 78.0 Å².